The Morgan fingerprint density at radius 1 is 1.14 bits per heavy atom. The molecule has 2 aliphatic heterocycles. The van der Waals surface area contributed by atoms with E-state index in [4.69, 9.17) is 4.74 Å². The minimum absolute atomic E-state index is 0.716. The zero-order valence-electron chi connectivity index (χ0n) is 11.7. The Labute approximate surface area is 123 Å². The summed E-state index contributed by atoms with van der Waals surface area (Å²) in [4.78, 5) is 4.41. The van der Waals surface area contributed by atoms with Crippen LogP contribution in [-0.4, -0.2) is 18.2 Å². The van der Waals surface area contributed by atoms with E-state index in [1.54, 1.807) is 0 Å². The van der Waals surface area contributed by atoms with Crippen LogP contribution in [0.4, 0.5) is 17.2 Å². The van der Waals surface area contributed by atoms with Crippen LogP contribution in [0.3, 0.4) is 0 Å². The topological polar surface area (TPSA) is 46.2 Å². The van der Waals surface area contributed by atoms with E-state index in [1.807, 2.05) is 12.3 Å². The first-order valence-corrected chi connectivity index (χ1v) is 7.26. The van der Waals surface area contributed by atoms with Crippen LogP contribution in [0.2, 0.25) is 0 Å². The van der Waals surface area contributed by atoms with Gasteiger partial charge in [-0.05, 0) is 35.8 Å². The molecule has 4 heteroatoms. The monoisotopic (exact) mass is 279 g/mol. The average molecular weight is 279 g/mol. The standard InChI is InChI=1S/C17H17N3O/c1-2-14-11-19-16-10-13(12-5-8-21-9-6-12)3-4-15(16)20-17(14)18-7-1/h1-5,7,10,19H,6,8-9,11H2,(H,18,20). The van der Waals surface area contributed by atoms with Crippen molar-refractivity contribution in [2.24, 2.45) is 0 Å². The molecule has 1 aromatic heterocycles. The summed E-state index contributed by atoms with van der Waals surface area (Å²) in [6, 6.07) is 10.6. The summed E-state index contributed by atoms with van der Waals surface area (Å²) in [7, 11) is 0. The molecule has 2 N–H and O–H groups in total. The van der Waals surface area contributed by atoms with Crippen molar-refractivity contribution in [2.75, 3.05) is 23.8 Å². The number of aromatic nitrogens is 1. The lowest BCUT2D eigenvalue weighted by atomic mass is 10.0. The molecule has 1 aromatic carbocycles. The van der Waals surface area contributed by atoms with Crippen LogP contribution in [0, 0.1) is 0 Å². The SMILES string of the molecule is C1=C(c2ccc3c(c2)NCc2cccnc2N3)CCOC1. The van der Waals surface area contributed by atoms with Crippen molar-refractivity contribution in [3.05, 3.63) is 53.7 Å². The average Bonchev–Trinajstić information content (AvgIpc) is 2.74. The van der Waals surface area contributed by atoms with Crippen LogP contribution >= 0.6 is 0 Å². The van der Waals surface area contributed by atoms with E-state index >= 15 is 0 Å². The maximum atomic E-state index is 5.38. The van der Waals surface area contributed by atoms with Crippen molar-refractivity contribution in [1.82, 2.24) is 4.98 Å². The smallest absolute Gasteiger partial charge is 0.135 e. The molecule has 0 aliphatic carbocycles. The van der Waals surface area contributed by atoms with Crippen molar-refractivity contribution in [1.29, 1.82) is 0 Å². The Balaban J connectivity index is 1.69. The van der Waals surface area contributed by atoms with Crippen molar-refractivity contribution in [2.45, 2.75) is 13.0 Å². The Bertz CT molecular complexity index is 709. The van der Waals surface area contributed by atoms with Gasteiger partial charge in [0, 0.05) is 18.3 Å². The first kappa shape index (κ1) is 12.4. The summed E-state index contributed by atoms with van der Waals surface area (Å²) >= 11 is 0. The first-order chi connectivity index (χ1) is 10.4. The number of ether oxygens (including phenoxy) is 1. The predicted molar refractivity (Wildman–Crippen MR) is 84.7 cm³/mol. The van der Waals surface area contributed by atoms with E-state index in [-0.39, 0.29) is 0 Å². The van der Waals surface area contributed by atoms with Gasteiger partial charge >= 0.3 is 0 Å². The molecular formula is C17H17N3O. The molecule has 0 amide bonds. The zero-order valence-corrected chi connectivity index (χ0v) is 11.7. The molecule has 0 unspecified atom stereocenters. The molecule has 21 heavy (non-hydrogen) atoms. The predicted octanol–water partition coefficient (Wildman–Crippen LogP) is 3.55. The fourth-order valence-electron chi connectivity index (χ4n) is 2.80. The summed E-state index contributed by atoms with van der Waals surface area (Å²) in [6.07, 6.45) is 4.97. The van der Waals surface area contributed by atoms with Crippen LogP contribution in [0.1, 0.15) is 17.5 Å². The van der Waals surface area contributed by atoms with E-state index in [1.165, 1.54) is 16.7 Å². The van der Waals surface area contributed by atoms with Gasteiger partial charge in [0.05, 0.1) is 24.6 Å². The molecule has 0 saturated heterocycles. The molecule has 2 aliphatic rings. The molecule has 0 atom stereocenters. The fourth-order valence-corrected chi connectivity index (χ4v) is 2.80. The molecule has 0 saturated carbocycles. The molecule has 106 valence electrons. The van der Waals surface area contributed by atoms with E-state index in [0.29, 0.717) is 6.61 Å². The highest BCUT2D eigenvalue weighted by molar-refractivity contribution is 5.81. The highest BCUT2D eigenvalue weighted by Gasteiger charge is 2.14. The summed E-state index contributed by atoms with van der Waals surface area (Å²) in [5, 5.41) is 6.92. The molecule has 0 spiro atoms. The number of pyridine rings is 1. The second-order valence-electron chi connectivity index (χ2n) is 5.30. The summed E-state index contributed by atoms with van der Waals surface area (Å²) < 4.78 is 5.38. The first-order valence-electron chi connectivity index (χ1n) is 7.26. The molecule has 3 heterocycles. The third-order valence-corrected chi connectivity index (χ3v) is 3.97. The largest absolute Gasteiger partial charge is 0.379 e. The van der Waals surface area contributed by atoms with Crippen molar-refractivity contribution in [3.63, 3.8) is 0 Å². The molecule has 0 radical (unpaired) electrons. The number of nitrogens with zero attached hydrogens (tertiary/aromatic N) is 1. The zero-order chi connectivity index (χ0) is 14.1. The molecular weight excluding hydrogens is 262 g/mol. The van der Waals surface area contributed by atoms with Gasteiger partial charge in [-0.3, -0.25) is 0 Å². The fraction of sp³-hybridized carbons (Fsp3) is 0.235. The van der Waals surface area contributed by atoms with Crippen molar-refractivity contribution >= 4 is 22.8 Å². The van der Waals surface area contributed by atoms with Gasteiger partial charge in [0.1, 0.15) is 5.82 Å². The van der Waals surface area contributed by atoms with Gasteiger partial charge in [-0.25, -0.2) is 4.98 Å². The second-order valence-corrected chi connectivity index (χ2v) is 5.30. The Morgan fingerprint density at radius 3 is 3.05 bits per heavy atom. The minimum Gasteiger partial charge on any atom is -0.379 e. The summed E-state index contributed by atoms with van der Waals surface area (Å²) in [6.45, 7) is 2.31. The molecule has 0 bridgehead atoms. The Morgan fingerprint density at radius 2 is 2.14 bits per heavy atom. The lowest BCUT2D eigenvalue weighted by Crippen LogP contribution is -2.04. The highest BCUT2D eigenvalue weighted by atomic mass is 16.5. The number of benzene rings is 1. The van der Waals surface area contributed by atoms with Crippen LogP contribution in [-0.2, 0) is 11.3 Å². The number of hydrogen-bond donors (Lipinski definition) is 2. The number of hydrogen-bond acceptors (Lipinski definition) is 4. The second kappa shape index (κ2) is 5.22. The van der Waals surface area contributed by atoms with E-state index in [2.05, 4.69) is 46.0 Å². The van der Waals surface area contributed by atoms with Crippen LogP contribution in [0.15, 0.2) is 42.6 Å². The number of rotatable bonds is 1. The maximum absolute atomic E-state index is 5.38. The third kappa shape index (κ3) is 2.38. The molecule has 4 nitrogen and oxygen atoms in total. The lowest BCUT2D eigenvalue weighted by molar-refractivity contribution is 0.161. The van der Waals surface area contributed by atoms with Crippen LogP contribution in [0.5, 0.6) is 0 Å². The van der Waals surface area contributed by atoms with E-state index < -0.39 is 0 Å². The van der Waals surface area contributed by atoms with Crippen LogP contribution < -0.4 is 10.6 Å². The van der Waals surface area contributed by atoms with Crippen molar-refractivity contribution < 1.29 is 4.74 Å². The van der Waals surface area contributed by atoms with Crippen LogP contribution in [0.25, 0.3) is 5.57 Å². The van der Waals surface area contributed by atoms with E-state index in [0.717, 1.165) is 36.8 Å². The number of fused-ring (bicyclic) bond motifs is 2. The number of nitrogens with one attached hydrogen (secondary N) is 2. The normalized spacial score (nSPS) is 16.7. The van der Waals surface area contributed by atoms with Gasteiger partial charge in [0.15, 0.2) is 0 Å². The minimum atomic E-state index is 0.716. The summed E-state index contributed by atoms with van der Waals surface area (Å²) in [5.74, 6) is 0.932. The Kier molecular flexibility index (Phi) is 3.09. The molecule has 2 aromatic rings. The Hall–Kier alpha value is -2.33. The lowest BCUT2D eigenvalue weighted by Gasteiger charge is -2.16. The number of anilines is 3. The van der Waals surface area contributed by atoms with Crippen molar-refractivity contribution in [3.8, 4) is 0 Å². The third-order valence-electron chi connectivity index (χ3n) is 3.97. The molecule has 0 fully saturated rings. The highest BCUT2D eigenvalue weighted by Crippen LogP contribution is 2.34. The molecule has 4 rings (SSSR count). The maximum Gasteiger partial charge on any atom is 0.135 e. The summed E-state index contributed by atoms with van der Waals surface area (Å²) in [5.41, 5.74) is 6.01. The van der Waals surface area contributed by atoms with Gasteiger partial charge in [0.25, 0.3) is 0 Å². The van der Waals surface area contributed by atoms with Gasteiger partial charge in [-0.1, -0.05) is 18.2 Å². The van der Waals surface area contributed by atoms with E-state index in [9.17, 15) is 0 Å². The van der Waals surface area contributed by atoms with Gasteiger partial charge in [-0.2, -0.15) is 0 Å². The quantitative estimate of drug-likeness (QED) is 0.838. The van der Waals surface area contributed by atoms with Gasteiger partial charge in [-0.15, -0.1) is 0 Å². The van der Waals surface area contributed by atoms with Gasteiger partial charge < -0.3 is 15.4 Å². The van der Waals surface area contributed by atoms with Gasteiger partial charge in [0.2, 0.25) is 0 Å².